The summed E-state index contributed by atoms with van der Waals surface area (Å²) >= 11 is 0.782. The first kappa shape index (κ1) is 12.8. The van der Waals surface area contributed by atoms with Gasteiger partial charge in [-0.1, -0.05) is 6.42 Å². The minimum absolute atomic E-state index is 0.521. The molecule has 2 nitrogen and oxygen atoms in total. The highest BCUT2D eigenvalue weighted by atomic mass is 32.1. The molecule has 0 aromatic carbocycles. The molecule has 2 rings (SSSR count). The summed E-state index contributed by atoms with van der Waals surface area (Å²) < 4.78 is 37.5. The lowest BCUT2D eigenvalue weighted by atomic mass is 10.1. The van der Waals surface area contributed by atoms with Gasteiger partial charge in [-0.3, -0.25) is 4.90 Å². The first-order valence-corrected chi connectivity index (χ1v) is 6.54. The molecule has 0 atom stereocenters. The molecule has 0 amide bonds. The van der Waals surface area contributed by atoms with Crippen molar-refractivity contribution in [1.29, 1.82) is 0 Å². The third-order valence-corrected chi connectivity index (χ3v) is 4.14. The highest BCUT2D eigenvalue weighted by Gasteiger charge is 2.35. The summed E-state index contributed by atoms with van der Waals surface area (Å²) in [6, 6.07) is 0. The van der Waals surface area contributed by atoms with Crippen LogP contribution < -0.4 is 0 Å². The van der Waals surface area contributed by atoms with Gasteiger partial charge in [0.25, 0.3) is 0 Å². The van der Waals surface area contributed by atoms with Crippen molar-refractivity contribution in [3.63, 3.8) is 0 Å². The predicted octanol–water partition coefficient (Wildman–Crippen LogP) is 3.46. The van der Waals surface area contributed by atoms with Crippen LogP contribution in [-0.4, -0.2) is 23.0 Å². The Labute approximate surface area is 102 Å². The van der Waals surface area contributed by atoms with E-state index in [0.29, 0.717) is 12.2 Å². The van der Waals surface area contributed by atoms with E-state index in [1.807, 2.05) is 0 Å². The van der Waals surface area contributed by atoms with Gasteiger partial charge in [0.2, 0.25) is 0 Å². The summed E-state index contributed by atoms with van der Waals surface area (Å²) in [5, 5.41) is -0.720. The molecular weight excluding hydrogens is 249 g/mol. The highest BCUT2D eigenvalue weighted by Crippen LogP contribution is 2.34. The molecular formula is C11H15F3N2S. The predicted molar refractivity (Wildman–Crippen MR) is 61.0 cm³/mol. The molecule has 1 aromatic rings. The van der Waals surface area contributed by atoms with Crippen molar-refractivity contribution in [2.24, 2.45) is 0 Å². The molecule has 6 heteroatoms. The van der Waals surface area contributed by atoms with Gasteiger partial charge in [-0.15, -0.1) is 11.3 Å². The van der Waals surface area contributed by atoms with E-state index in [0.717, 1.165) is 42.1 Å². The number of thiazole rings is 1. The zero-order valence-corrected chi connectivity index (χ0v) is 10.5. The summed E-state index contributed by atoms with van der Waals surface area (Å²) in [7, 11) is 0. The average Bonchev–Trinajstić information content (AvgIpc) is 2.62. The Bertz CT molecular complexity index is 381. The summed E-state index contributed by atoms with van der Waals surface area (Å²) in [6.45, 7) is 4.24. The van der Waals surface area contributed by atoms with Crippen molar-refractivity contribution in [2.75, 3.05) is 13.1 Å². The number of aryl methyl sites for hydroxylation is 1. The van der Waals surface area contributed by atoms with Crippen molar-refractivity contribution in [3.8, 4) is 0 Å². The number of likely N-dealkylation sites (tertiary alicyclic amines) is 1. The van der Waals surface area contributed by atoms with Crippen molar-refractivity contribution in [3.05, 3.63) is 15.6 Å². The van der Waals surface area contributed by atoms with Gasteiger partial charge < -0.3 is 0 Å². The van der Waals surface area contributed by atoms with Crippen LogP contribution in [0.1, 0.15) is 34.8 Å². The maximum Gasteiger partial charge on any atom is 0.443 e. The number of rotatable bonds is 2. The van der Waals surface area contributed by atoms with Gasteiger partial charge in [0.1, 0.15) is 0 Å². The van der Waals surface area contributed by atoms with Crippen LogP contribution in [0.4, 0.5) is 13.2 Å². The van der Waals surface area contributed by atoms with Gasteiger partial charge in [0.15, 0.2) is 5.01 Å². The molecule has 0 aliphatic carbocycles. The summed E-state index contributed by atoms with van der Waals surface area (Å²) in [4.78, 5) is 6.58. The molecule has 2 heterocycles. The lowest BCUT2D eigenvalue weighted by Crippen LogP contribution is -2.28. The van der Waals surface area contributed by atoms with Crippen LogP contribution in [0, 0.1) is 6.92 Å². The molecule has 0 bridgehead atoms. The van der Waals surface area contributed by atoms with Gasteiger partial charge in [0.05, 0.1) is 5.69 Å². The standard InChI is InChI=1S/C11H15F3N2S/c1-8-9(7-16-5-3-2-4-6-16)17-10(15-8)11(12,13)14/h2-7H2,1H3. The van der Waals surface area contributed by atoms with Crippen LogP contribution in [0.3, 0.4) is 0 Å². The number of alkyl halides is 3. The molecule has 0 N–H and O–H groups in total. The number of halogens is 3. The van der Waals surface area contributed by atoms with Gasteiger partial charge in [-0.05, 0) is 32.9 Å². The maximum atomic E-state index is 12.5. The number of nitrogens with zero attached hydrogens (tertiary/aromatic N) is 2. The second-order valence-electron chi connectivity index (χ2n) is 4.36. The lowest BCUT2D eigenvalue weighted by Gasteiger charge is -2.25. The van der Waals surface area contributed by atoms with Gasteiger partial charge in [-0.25, -0.2) is 4.98 Å². The fourth-order valence-electron chi connectivity index (χ4n) is 2.02. The van der Waals surface area contributed by atoms with Gasteiger partial charge >= 0.3 is 6.18 Å². The largest absolute Gasteiger partial charge is 0.443 e. The van der Waals surface area contributed by atoms with E-state index in [9.17, 15) is 13.2 Å². The van der Waals surface area contributed by atoms with Crippen molar-refractivity contribution >= 4 is 11.3 Å². The zero-order valence-electron chi connectivity index (χ0n) is 9.68. The number of aromatic nitrogens is 1. The van der Waals surface area contributed by atoms with Crippen LogP contribution in [0.2, 0.25) is 0 Å². The highest BCUT2D eigenvalue weighted by molar-refractivity contribution is 7.11. The van der Waals surface area contributed by atoms with Gasteiger partial charge in [-0.2, -0.15) is 13.2 Å². The Morgan fingerprint density at radius 1 is 1.24 bits per heavy atom. The third kappa shape index (κ3) is 3.19. The minimum atomic E-state index is -4.31. The van der Waals surface area contributed by atoms with E-state index in [1.165, 1.54) is 6.42 Å². The number of piperidine rings is 1. The maximum absolute atomic E-state index is 12.5. The van der Waals surface area contributed by atoms with Crippen LogP contribution in [0.5, 0.6) is 0 Å². The van der Waals surface area contributed by atoms with Crippen LogP contribution >= 0.6 is 11.3 Å². The van der Waals surface area contributed by atoms with Crippen molar-refractivity contribution in [2.45, 2.75) is 38.9 Å². The first-order chi connectivity index (χ1) is 7.97. The molecule has 0 saturated carbocycles. The Morgan fingerprint density at radius 3 is 2.41 bits per heavy atom. The zero-order chi connectivity index (χ0) is 12.5. The van der Waals surface area contributed by atoms with Crippen LogP contribution in [0.25, 0.3) is 0 Å². The van der Waals surface area contributed by atoms with Crippen LogP contribution in [-0.2, 0) is 12.7 Å². The lowest BCUT2D eigenvalue weighted by molar-refractivity contribution is -0.137. The van der Waals surface area contributed by atoms with E-state index >= 15 is 0 Å². The van der Waals surface area contributed by atoms with Crippen LogP contribution in [0.15, 0.2) is 0 Å². The molecule has 17 heavy (non-hydrogen) atoms. The fourth-order valence-corrected chi connectivity index (χ4v) is 2.99. The smallest absolute Gasteiger partial charge is 0.298 e. The average molecular weight is 264 g/mol. The molecule has 96 valence electrons. The molecule has 1 saturated heterocycles. The first-order valence-electron chi connectivity index (χ1n) is 5.72. The SMILES string of the molecule is Cc1nc(C(F)(F)F)sc1CN1CCCCC1. The van der Waals surface area contributed by atoms with E-state index in [2.05, 4.69) is 9.88 Å². The molecule has 0 radical (unpaired) electrons. The third-order valence-electron chi connectivity index (χ3n) is 2.95. The Morgan fingerprint density at radius 2 is 1.88 bits per heavy atom. The Balaban J connectivity index is 2.07. The van der Waals surface area contributed by atoms with Crippen molar-refractivity contribution in [1.82, 2.24) is 9.88 Å². The number of hydrogen-bond acceptors (Lipinski definition) is 3. The topological polar surface area (TPSA) is 16.1 Å². The Kier molecular flexibility index (Phi) is 3.73. The fraction of sp³-hybridized carbons (Fsp3) is 0.727. The van der Waals surface area contributed by atoms with E-state index in [-0.39, 0.29) is 0 Å². The number of hydrogen-bond donors (Lipinski definition) is 0. The molecule has 0 unspecified atom stereocenters. The summed E-state index contributed by atoms with van der Waals surface area (Å²) in [5.74, 6) is 0. The van der Waals surface area contributed by atoms with E-state index < -0.39 is 11.2 Å². The van der Waals surface area contributed by atoms with Gasteiger partial charge in [0, 0.05) is 11.4 Å². The van der Waals surface area contributed by atoms with E-state index in [4.69, 9.17) is 0 Å². The molecule has 1 aliphatic heterocycles. The molecule has 1 aromatic heterocycles. The minimum Gasteiger partial charge on any atom is -0.298 e. The molecule has 0 spiro atoms. The van der Waals surface area contributed by atoms with E-state index in [1.54, 1.807) is 6.92 Å². The Hall–Kier alpha value is -0.620. The second-order valence-corrected chi connectivity index (χ2v) is 5.45. The van der Waals surface area contributed by atoms with Crippen molar-refractivity contribution < 1.29 is 13.2 Å². The summed E-state index contributed by atoms with van der Waals surface area (Å²) in [5.41, 5.74) is 0.521. The second kappa shape index (κ2) is 4.94. The molecule has 1 aliphatic rings. The monoisotopic (exact) mass is 264 g/mol. The quantitative estimate of drug-likeness (QED) is 0.813. The molecule has 1 fully saturated rings. The normalized spacial score (nSPS) is 18.6. The summed E-state index contributed by atoms with van der Waals surface area (Å²) in [6.07, 6.45) is -0.796.